The van der Waals surface area contributed by atoms with Crippen LogP contribution in [0.2, 0.25) is 0 Å². The summed E-state index contributed by atoms with van der Waals surface area (Å²) in [7, 11) is 1.34. The molecule has 0 radical (unpaired) electrons. The number of nitrogens with one attached hydrogen (secondary N) is 2. The number of nitrogens with zero attached hydrogens (tertiary/aromatic N) is 2. The summed E-state index contributed by atoms with van der Waals surface area (Å²) < 4.78 is 6.47. The smallest absolute Gasteiger partial charge is 0.341 e. The highest BCUT2D eigenvalue weighted by atomic mass is 32.1. The van der Waals surface area contributed by atoms with Gasteiger partial charge < -0.3 is 21.1 Å². The van der Waals surface area contributed by atoms with Crippen LogP contribution in [0.5, 0.6) is 0 Å². The van der Waals surface area contributed by atoms with Gasteiger partial charge in [-0.1, -0.05) is 6.92 Å². The van der Waals surface area contributed by atoms with Crippen LogP contribution in [-0.4, -0.2) is 33.9 Å². The molecular formula is C16H21N5O3S2. The van der Waals surface area contributed by atoms with Crippen molar-refractivity contribution >= 4 is 51.2 Å². The maximum Gasteiger partial charge on any atom is 0.341 e. The van der Waals surface area contributed by atoms with E-state index in [9.17, 15) is 9.59 Å². The van der Waals surface area contributed by atoms with Gasteiger partial charge in [0.15, 0.2) is 10.8 Å². The number of rotatable bonds is 6. The fourth-order valence-corrected chi connectivity index (χ4v) is 3.94. The predicted molar refractivity (Wildman–Crippen MR) is 106 cm³/mol. The van der Waals surface area contributed by atoms with E-state index in [-0.39, 0.29) is 10.8 Å². The van der Waals surface area contributed by atoms with Gasteiger partial charge in [0.05, 0.1) is 18.4 Å². The van der Waals surface area contributed by atoms with Gasteiger partial charge >= 0.3 is 5.97 Å². The Morgan fingerprint density at radius 1 is 1.38 bits per heavy atom. The second-order valence-electron chi connectivity index (χ2n) is 5.38. The normalized spacial score (nSPS) is 10.5. The Balaban J connectivity index is 2.28. The molecule has 0 aromatic carbocycles. The van der Waals surface area contributed by atoms with Gasteiger partial charge in [0.2, 0.25) is 0 Å². The lowest BCUT2D eigenvalue weighted by Gasteiger charge is -2.10. The number of amides is 1. The zero-order valence-electron chi connectivity index (χ0n) is 15.0. The Kier molecular flexibility index (Phi) is 6.32. The van der Waals surface area contributed by atoms with Crippen molar-refractivity contribution in [2.75, 3.05) is 17.7 Å². The number of hydrogen-bond donors (Lipinski definition) is 3. The Morgan fingerprint density at radius 2 is 2.08 bits per heavy atom. The van der Waals surface area contributed by atoms with Crippen LogP contribution in [0.4, 0.5) is 10.7 Å². The van der Waals surface area contributed by atoms with Gasteiger partial charge in [0.25, 0.3) is 5.91 Å². The topological polar surface area (TPSA) is 111 Å². The molecule has 1 amide bonds. The lowest BCUT2D eigenvalue weighted by atomic mass is 10.1. The van der Waals surface area contributed by atoms with Crippen LogP contribution in [0.25, 0.3) is 0 Å². The molecule has 2 heterocycles. The fraction of sp³-hybridized carbons (Fsp3) is 0.375. The van der Waals surface area contributed by atoms with Crippen LogP contribution in [0, 0.1) is 6.92 Å². The second-order valence-corrected chi connectivity index (χ2v) is 7.01. The molecular weight excluding hydrogens is 374 g/mol. The van der Waals surface area contributed by atoms with E-state index >= 15 is 0 Å². The maximum atomic E-state index is 12.2. The molecule has 0 bridgehead atoms. The Hall–Kier alpha value is -2.46. The first-order valence-corrected chi connectivity index (χ1v) is 9.20. The van der Waals surface area contributed by atoms with Crippen LogP contribution in [-0.2, 0) is 17.7 Å². The molecule has 8 nitrogen and oxygen atoms in total. The van der Waals surface area contributed by atoms with Crippen molar-refractivity contribution in [3.63, 3.8) is 0 Å². The fourth-order valence-electron chi connectivity index (χ4n) is 2.52. The van der Waals surface area contributed by atoms with E-state index < -0.39 is 11.9 Å². The minimum Gasteiger partial charge on any atom is -0.465 e. The van der Waals surface area contributed by atoms with E-state index in [0.29, 0.717) is 29.2 Å². The number of anilines is 2. The number of carbonyl (C=O) groups excluding carboxylic acids is 2. The van der Waals surface area contributed by atoms with Crippen molar-refractivity contribution in [3.8, 4) is 0 Å². The summed E-state index contributed by atoms with van der Waals surface area (Å²) in [5, 5.41) is 10.8. The number of aromatic nitrogens is 2. The van der Waals surface area contributed by atoms with E-state index in [1.807, 2.05) is 20.8 Å². The number of aryl methyl sites for hydroxylation is 2. The number of ether oxygens (including phenoxy) is 1. The Morgan fingerprint density at radius 3 is 2.62 bits per heavy atom. The molecule has 0 aliphatic rings. The highest BCUT2D eigenvalue weighted by Gasteiger charge is 2.23. The summed E-state index contributed by atoms with van der Waals surface area (Å²) in [6, 6.07) is 0. The SMILES string of the molecule is CCc1c(C)sc(NC(=S)Nc2cn(CC)nc2C(N)=O)c1C(=O)OC. The monoisotopic (exact) mass is 395 g/mol. The zero-order chi connectivity index (χ0) is 19.4. The summed E-state index contributed by atoms with van der Waals surface area (Å²) in [5.74, 6) is -1.08. The van der Waals surface area contributed by atoms with E-state index in [1.54, 1.807) is 10.9 Å². The molecule has 0 unspecified atom stereocenters. The van der Waals surface area contributed by atoms with Gasteiger partial charge in [0.1, 0.15) is 5.00 Å². The molecule has 0 atom stereocenters. The first-order chi connectivity index (χ1) is 12.3. The minimum atomic E-state index is -0.655. The molecule has 10 heteroatoms. The third kappa shape index (κ3) is 4.02. The van der Waals surface area contributed by atoms with E-state index in [2.05, 4.69) is 15.7 Å². The zero-order valence-corrected chi connectivity index (χ0v) is 16.6. The Bertz CT molecular complexity index is 856. The standard InChI is InChI=1S/C16H21N5O3S2/c1-5-9-8(3)26-14(11(9)15(23)24-4)19-16(25)18-10-7-21(6-2)20-12(10)13(17)22/h7H,5-6H2,1-4H3,(H2,17,22)(H2,18,19,25). The molecule has 0 aliphatic heterocycles. The summed E-state index contributed by atoms with van der Waals surface area (Å²) in [5.41, 5.74) is 7.25. The number of hydrogen-bond acceptors (Lipinski definition) is 6. The van der Waals surface area contributed by atoms with E-state index in [1.165, 1.54) is 18.4 Å². The van der Waals surface area contributed by atoms with Gasteiger partial charge in [-0.2, -0.15) is 5.10 Å². The number of methoxy groups -OCH3 is 1. The molecule has 140 valence electrons. The van der Waals surface area contributed by atoms with Crippen molar-refractivity contribution < 1.29 is 14.3 Å². The summed E-state index contributed by atoms with van der Waals surface area (Å²) in [6.45, 7) is 6.38. The highest BCUT2D eigenvalue weighted by molar-refractivity contribution is 7.80. The lowest BCUT2D eigenvalue weighted by Crippen LogP contribution is -2.22. The first-order valence-electron chi connectivity index (χ1n) is 7.98. The van der Waals surface area contributed by atoms with Crippen molar-refractivity contribution in [1.29, 1.82) is 0 Å². The molecule has 2 rings (SSSR count). The average molecular weight is 396 g/mol. The molecule has 2 aromatic heterocycles. The number of nitrogens with two attached hydrogens (primary N) is 1. The largest absolute Gasteiger partial charge is 0.465 e. The van der Waals surface area contributed by atoms with E-state index in [0.717, 1.165) is 10.4 Å². The van der Waals surface area contributed by atoms with Gasteiger partial charge in [-0.05, 0) is 38.0 Å². The second kappa shape index (κ2) is 8.28. The minimum absolute atomic E-state index is 0.0980. The predicted octanol–water partition coefficient (Wildman–Crippen LogP) is 2.53. The summed E-state index contributed by atoms with van der Waals surface area (Å²) in [4.78, 5) is 24.7. The van der Waals surface area contributed by atoms with Crippen molar-refractivity contribution in [1.82, 2.24) is 9.78 Å². The third-order valence-corrected chi connectivity index (χ3v) is 5.01. The number of thiocarbonyl (C=S) groups is 1. The number of primary amides is 1. The van der Waals surface area contributed by atoms with E-state index in [4.69, 9.17) is 22.7 Å². The van der Waals surface area contributed by atoms with Crippen molar-refractivity contribution in [2.24, 2.45) is 5.73 Å². The molecule has 0 spiro atoms. The quantitative estimate of drug-likeness (QED) is 0.509. The molecule has 0 saturated heterocycles. The van der Waals surface area contributed by atoms with Crippen LogP contribution in [0.3, 0.4) is 0 Å². The number of carbonyl (C=O) groups is 2. The van der Waals surface area contributed by atoms with Gasteiger partial charge in [-0.3, -0.25) is 9.48 Å². The number of esters is 1. The third-order valence-electron chi connectivity index (χ3n) is 3.75. The van der Waals surface area contributed by atoms with Crippen molar-refractivity contribution in [2.45, 2.75) is 33.7 Å². The van der Waals surface area contributed by atoms with Gasteiger partial charge in [-0.15, -0.1) is 11.3 Å². The van der Waals surface area contributed by atoms with Crippen LogP contribution < -0.4 is 16.4 Å². The lowest BCUT2D eigenvalue weighted by molar-refractivity contribution is 0.0601. The molecule has 2 aromatic rings. The van der Waals surface area contributed by atoms with Crippen LogP contribution in [0.15, 0.2) is 6.20 Å². The van der Waals surface area contributed by atoms with Gasteiger partial charge in [-0.25, -0.2) is 4.79 Å². The van der Waals surface area contributed by atoms with Crippen LogP contribution in [0.1, 0.15) is 45.1 Å². The molecule has 0 fully saturated rings. The molecule has 4 N–H and O–H groups in total. The molecule has 26 heavy (non-hydrogen) atoms. The highest BCUT2D eigenvalue weighted by Crippen LogP contribution is 2.34. The summed E-state index contributed by atoms with van der Waals surface area (Å²) in [6.07, 6.45) is 2.34. The first kappa shape index (κ1) is 19.9. The average Bonchev–Trinajstić information content (AvgIpc) is 3.14. The summed E-state index contributed by atoms with van der Waals surface area (Å²) >= 11 is 6.74. The van der Waals surface area contributed by atoms with Crippen LogP contribution >= 0.6 is 23.6 Å². The molecule has 0 saturated carbocycles. The number of thiophene rings is 1. The maximum absolute atomic E-state index is 12.2. The van der Waals surface area contributed by atoms with Gasteiger partial charge in [0, 0.05) is 17.6 Å². The Labute approximate surface area is 160 Å². The van der Waals surface area contributed by atoms with Crippen molar-refractivity contribution in [3.05, 3.63) is 27.9 Å². The molecule has 0 aliphatic carbocycles.